The minimum Gasteiger partial charge on any atom is -0.321 e. The summed E-state index contributed by atoms with van der Waals surface area (Å²) in [6.07, 6.45) is 0. The van der Waals surface area contributed by atoms with Gasteiger partial charge in [-0.1, -0.05) is 40.9 Å². The van der Waals surface area contributed by atoms with Crippen molar-refractivity contribution in [1.82, 2.24) is 0 Å². The van der Waals surface area contributed by atoms with Gasteiger partial charge < -0.3 is 5.32 Å². The van der Waals surface area contributed by atoms with Crippen molar-refractivity contribution in [2.45, 2.75) is 0 Å². The van der Waals surface area contributed by atoms with E-state index < -0.39 is 0 Å². The standard InChI is InChI=1S/C13H7Cl3INO/c14-7-4-5-11(10(17)6-7)18-13(19)12-8(15)2-1-3-9(12)16/h1-6H,(H,18,19). The molecular weight excluding hydrogens is 419 g/mol. The molecule has 2 aromatic carbocycles. The van der Waals surface area contributed by atoms with Crippen molar-refractivity contribution in [3.63, 3.8) is 0 Å². The number of amides is 1. The number of carbonyl (C=O) groups is 1. The van der Waals surface area contributed by atoms with Crippen molar-refractivity contribution >= 4 is 69.0 Å². The molecule has 0 aliphatic rings. The first-order valence-corrected chi connectivity index (χ1v) is 7.40. The van der Waals surface area contributed by atoms with Crippen LogP contribution >= 0.6 is 57.4 Å². The van der Waals surface area contributed by atoms with Crippen molar-refractivity contribution < 1.29 is 4.79 Å². The van der Waals surface area contributed by atoms with Crippen molar-refractivity contribution in [1.29, 1.82) is 0 Å². The van der Waals surface area contributed by atoms with Gasteiger partial charge in [-0.2, -0.15) is 0 Å². The van der Waals surface area contributed by atoms with E-state index in [2.05, 4.69) is 27.9 Å². The Morgan fingerprint density at radius 1 is 1.05 bits per heavy atom. The Morgan fingerprint density at radius 3 is 2.26 bits per heavy atom. The maximum atomic E-state index is 12.2. The van der Waals surface area contributed by atoms with Gasteiger partial charge in [-0.05, 0) is 52.9 Å². The summed E-state index contributed by atoms with van der Waals surface area (Å²) in [6.45, 7) is 0. The van der Waals surface area contributed by atoms with Gasteiger partial charge in [0.05, 0.1) is 21.3 Å². The van der Waals surface area contributed by atoms with Crippen LogP contribution in [-0.2, 0) is 0 Å². The third-order valence-corrected chi connectivity index (χ3v) is 4.13. The van der Waals surface area contributed by atoms with Gasteiger partial charge in [0.15, 0.2) is 0 Å². The van der Waals surface area contributed by atoms with E-state index in [1.165, 1.54) is 0 Å². The molecule has 0 radical (unpaired) electrons. The molecule has 1 N–H and O–H groups in total. The monoisotopic (exact) mass is 425 g/mol. The summed E-state index contributed by atoms with van der Waals surface area (Å²) >= 11 is 19.9. The summed E-state index contributed by atoms with van der Waals surface area (Å²) in [6, 6.07) is 10.1. The second-order valence-electron chi connectivity index (χ2n) is 3.67. The lowest BCUT2D eigenvalue weighted by atomic mass is 10.2. The van der Waals surface area contributed by atoms with Gasteiger partial charge in [-0.25, -0.2) is 0 Å². The summed E-state index contributed by atoms with van der Waals surface area (Å²) in [7, 11) is 0. The van der Waals surface area contributed by atoms with Crippen LogP contribution in [0.15, 0.2) is 36.4 Å². The largest absolute Gasteiger partial charge is 0.321 e. The van der Waals surface area contributed by atoms with E-state index in [-0.39, 0.29) is 11.5 Å². The Bertz CT molecular complexity index is 626. The molecule has 0 aromatic heterocycles. The Kier molecular flexibility index (Phi) is 4.95. The van der Waals surface area contributed by atoms with Crippen LogP contribution < -0.4 is 5.32 Å². The van der Waals surface area contributed by atoms with Crippen LogP contribution in [-0.4, -0.2) is 5.91 Å². The molecule has 1 amide bonds. The Morgan fingerprint density at radius 2 is 1.68 bits per heavy atom. The second-order valence-corrected chi connectivity index (χ2v) is 6.09. The predicted molar refractivity (Wildman–Crippen MR) is 88.6 cm³/mol. The molecule has 0 fully saturated rings. The van der Waals surface area contributed by atoms with Crippen molar-refractivity contribution in [2.75, 3.05) is 5.32 Å². The molecule has 2 rings (SSSR count). The van der Waals surface area contributed by atoms with Crippen LogP contribution in [0.1, 0.15) is 10.4 Å². The first-order valence-electron chi connectivity index (χ1n) is 5.19. The van der Waals surface area contributed by atoms with E-state index in [1.807, 2.05) is 0 Å². The molecule has 2 nitrogen and oxygen atoms in total. The molecule has 0 unspecified atom stereocenters. The number of carbonyl (C=O) groups excluding carboxylic acids is 1. The highest BCUT2D eigenvalue weighted by atomic mass is 127. The molecule has 2 aromatic rings. The second kappa shape index (κ2) is 6.31. The van der Waals surface area contributed by atoms with Crippen LogP contribution in [0.4, 0.5) is 5.69 Å². The topological polar surface area (TPSA) is 29.1 Å². The van der Waals surface area contributed by atoms with E-state index in [0.29, 0.717) is 20.8 Å². The first kappa shape index (κ1) is 14.9. The van der Waals surface area contributed by atoms with Gasteiger partial charge in [-0.3, -0.25) is 4.79 Å². The fourth-order valence-electron chi connectivity index (χ4n) is 1.49. The molecule has 0 heterocycles. The van der Waals surface area contributed by atoms with Crippen LogP contribution in [0.5, 0.6) is 0 Å². The van der Waals surface area contributed by atoms with Gasteiger partial charge in [-0.15, -0.1) is 0 Å². The molecule has 0 aliphatic carbocycles. The third-order valence-electron chi connectivity index (χ3n) is 2.37. The number of anilines is 1. The quantitative estimate of drug-likeness (QED) is 0.631. The average molecular weight is 426 g/mol. The molecule has 98 valence electrons. The first-order chi connectivity index (χ1) is 8.99. The number of nitrogens with one attached hydrogen (secondary N) is 1. The zero-order valence-electron chi connectivity index (χ0n) is 9.38. The number of hydrogen-bond donors (Lipinski definition) is 1. The lowest BCUT2D eigenvalue weighted by molar-refractivity contribution is 0.102. The molecule has 0 saturated heterocycles. The number of hydrogen-bond acceptors (Lipinski definition) is 1. The highest BCUT2D eigenvalue weighted by molar-refractivity contribution is 14.1. The van der Waals surface area contributed by atoms with Gasteiger partial charge in [0, 0.05) is 8.59 Å². The Hall–Kier alpha value is -0.490. The maximum absolute atomic E-state index is 12.2. The summed E-state index contributed by atoms with van der Waals surface area (Å²) in [5.74, 6) is -0.351. The zero-order chi connectivity index (χ0) is 14.0. The molecular formula is C13H7Cl3INO. The SMILES string of the molecule is O=C(Nc1ccc(Cl)cc1I)c1c(Cl)cccc1Cl. The average Bonchev–Trinajstić information content (AvgIpc) is 2.32. The maximum Gasteiger partial charge on any atom is 0.258 e. The van der Waals surface area contributed by atoms with E-state index >= 15 is 0 Å². The summed E-state index contributed by atoms with van der Waals surface area (Å²) < 4.78 is 0.835. The predicted octanol–water partition coefficient (Wildman–Crippen LogP) is 5.50. The van der Waals surface area contributed by atoms with Crippen LogP contribution in [0.25, 0.3) is 0 Å². The Labute approximate surface area is 139 Å². The number of rotatable bonds is 2. The van der Waals surface area contributed by atoms with Gasteiger partial charge in [0.2, 0.25) is 0 Å². The van der Waals surface area contributed by atoms with Crippen LogP contribution in [0, 0.1) is 3.57 Å². The summed E-state index contributed by atoms with van der Waals surface area (Å²) in [4.78, 5) is 12.2. The minimum absolute atomic E-state index is 0.261. The number of halogens is 4. The van der Waals surface area contributed by atoms with E-state index in [4.69, 9.17) is 34.8 Å². The summed E-state index contributed by atoms with van der Waals surface area (Å²) in [5, 5.41) is 4.00. The lowest BCUT2D eigenvalue weighted by Gasteiger charge is -2.10. The molecule has 0 saturated carbocycles. The van der Waals surface area contributed by atoms with Crippen LogP contribution in [0.2, 0.25) is 15.1 Å². The molecule has 0 spiro atoms. The highest BCUT2D eigenvalue weighted by Crippen LogP contribution is 2.27. The molecule has 0 bridgehead atoms. The summed E-state index contributed by atoms with van der Waals surface area (Å²) in [5.41, 5.74) is 0.919. The van der Waals surface area contributed by atoms with Crippen molar-refractivity contribution in [2.24, 2.45) is 0 Å². The highest BCUT2D eigenvalue weighted by Gasteiger charge is 2.15. The van der Waals surface area contributed by atoms with Gasteiger partial charge in [0.1, 0.15) is 0 Å². The Balaban J connectivity index is 2.31. The van der Waals surface area contributed by atoms with Gasteiger partial charge >= 0.3 is 0 Å². The minimum atomic E-state index is -0.351. The van der Waals surface area contributed by atoms with E-state index in [0.717, 1.165) is 3.57 Å². The van der Waals surface area contributed by atoms with Crippen molar-refractivity contribution in [3.05, 3.63) is 60.6 Å². The van der Waals surface area contributed by atoms with Crippen LogP contribution in [0.3, 0.4) is 0 Å². The fourth-order valence-corrected chi connectivity index (χ4v) is 3.07. The van der Waals surface area contributed by atoms with E-state index in [9.17, 15) is 4.79 Å². The molecule has 0 aliphatic heterocycles. The lowest BCUT2D eigenvalue weighted by Crippen LogP contribution is -2.14. The molecule has 0 atom stereocenters. The van der Waals surface area contributed by atoms with Crippen molar-refractivity contribution in [3.8, 4) is 0 Å². The third kappa shape index (κ3) is 3.54. The zero-order valence-corrected chi connectivity index (χ0v) is 13.8. The normalized spacial score (nSPS) is 10.3. The molecule has 6 heteroatoms. The van der Waals surface area contributed by atoms with E-state index in [1.54, 1.807) is 36.4 Å². The molecule has 19 heavy (non-hydrogen) atoms. The smallest absolute Gasteiger partial charge is 0.258 e. The number of benzene rings is 2. The fraction of sp³-hybridized carbons (Fsp3) is 0. The van der Waals surface area contributed by atoms with Gasteiger partial charge in [0.25, 0.3) is 5.91 Å².